The predicted molar refractivity (Wildman–Crippen MR) is 114 cm³/mol. The van der Waals surface area contributed by atoms with E-state index in [2.05, 4.69) is 20.9 Å². The van der Waals surface area contributed by atoms with Crippen LogP contribution >= 0.6 is 15.9 Å². The minimum atomic E-state index is -3.53. The standard InChI is InChI=1S/C20H22BrN3O4S/c1-23(2)29(26,27)16-8-9-18-17(12-16)22-19(24(18)3)10-11-20(25)28-13-14-4-6-15(21)7-5-14/h4-9,12H,10-11,13H2,1-3H3. The first-order valence-corrected chi connectivity index (χ1v) is 11.2. The fourth-order valence-corrected chi connectivity index (χ4v) is 4.04. The van der Waals surface area contributed by atoms with Crippen molar-refractivity contribution in [2.45, 2.75) is 24.3 Å². The van der Waals surface area contributed by atoms with Gasteiger partial charge in [-0.05, 0) is 35.9 Å². The third-order valence-corrected chi connectivity index (χ3v) is 6.93. The maximum absolute atomic E-state index is 12.3. The van der Waals surface area contributed by atoms with E-state index in [1.807, 2.05) is 35.9 Å². The van der Waals surface area contributed by atoms with Crippen molar-refractivity contribution in [1.29, 1.82) is 0 Å². The first-order valence-electron chi connectivity index (χ1n) is 8.96. The third-order valence-electron chi connectivity index (χ3n) is 4.59. The number of rotatable bonds is 7. The number of benzene rings is 2. The van der Waals surface area contributed by atoms with Gasteiger partial charge in [0.05, 0.1) is 22.3 Å². The number of esters is 1. The van der Waals surface area contributed by atoms with Gasteiger partial charge in [0.2, 0.25) is 10.0 Å². The normalized spacial score (nSPS) is 11.9. The molecule has 0 fully saturated rings. The van der Waals surface area contributed by atoms with Crippen molar-refractivity contribution in [3.63, 3.8) is 0 Å². The summed E-state index contributed by atoms with van der Waals surface area (Å²) in [6.07, 6.45) is 0.594. The fourth-order valence-electron chi connectivity index (χ4n) is 2.85. The fraction of sp³-hybridized carbons (Fsp3) is 0.300. The Hall–Kier alpha value is -2.23. The van der Waals surface area contributed by atoms with Crippen LogP contribution in [0.25, 0.3) is 11.0 Å². The first-order chi connectivity index (χ1) is 13.7. The van der Waals surface area contributed by atoms with E-state index in [1.54, 1.807) is 18.2 Å². The van der Waals surface area contributed by atoms with Gasteiger partial charge in [0.1, 0.15) is 12.4 Å². The van der Waals surface area contributed by atoms with Crippen LogP contribution < -0.4 is 0 Å². The number of carbonyl (C=O) groups excluding carboxylic acids is 1. The lowest BCUT2D eigenvalue weighted by atomic mass is 10.2. The van der Waals surface area contributed by atoms with E-state index in [0.717, 1.165) is 15.6 Å². The molecular weight excluding hydrogens is 458 g/mol. The molecule has 0 aliphatic rings. The molecule has 0 spiro atoms. The zero-order valence-corrected chi connectivity index (χ0v) is 18.8. The van der Waals surface area contributed by atoms with Crippen LogP contribution in [0.2, 0.25) is 0 Å². The minimum Gasteiger partial charge on any atom is -0.461 e. The van der Waals surface area contributed by atoms with E-state index >= 15 is 0 Å². The lowest BCUT2D eigenvalue weighted by Crippen LogP contribution is -2.22. The number of aryl methyl sites for hydroxylation is 2. The summed E-state index contributed by atoms with van der Waals surface area (Å²) in [5.74, 6) is 0.385. The average Bonchev–Trinajstić information content (AvgIpc) is 3.01. The molecule has 1 aromatic heterocycles. The van der Waals surface area contributed by atoms with Gasteiger partial charge in [-0.15, -0.1) is 0 Å². The van der Waals surface area contributed by atoms with Crippen LogP contribution in [0.4, 0.5) is 0 Å². The molecule has 0 amide bonds. The van der Waals surface area contributed by atoms with E-state index in [0.29, 0.717) is 17.8 Å². The second-order valence-corrected chi connectivity index (χ2v) is 9.88. The number of halogens is 1. The van der Waals surface area contributed by atoms with Gasteiger partial charge in [0.15, 0.2) is 0 Å². The number of hydrogen-bond acceptors (Lipinski definition) is 5. The summed E-state index contributed by atoms with van der Waals surface area (Å²) < 4.78 is 34.0. The predicted octanol–water partition coefficient (Wildman–Crippen LogP) is 3.26. The van der Waals surface area contributed by atoms with E-state index < -0.39 is 10.0 Å². The van der Waals surface area contributed by atoms with Crippen molar-refractivity contribution in [2.75, 3.05) is 14.1 Å². The summed E-state index contributed by atoms with van der Waals surface area (Å²) in [7, 11) is 1.30. The van der Waals surface area contributed by atoms with Crippen molar-refractivity contribution < 1.29 is 17.9 Å². The van der Waals surface area contributed by atoms with Crippen molar-refractivity contribution in [3.05, 3.63) is 58.3 Å². The molecule has 1 heterocycles. The third kappa shape index (κ3) is 4.85. The maximum Gasteiger partial charge on any atom is 0.306 e. The lowest BCUT2D eigenvalue weighted by Gasteiger charge is -2.10. The number of ether oxygens (including phenoxy) is 1. The molecule has 7 nitrogen and oxygen atoms in total. The highest BCUT2D eigenvalue weighted by Gasteiger charge is 2.19. The highest BCUT2D eigenvalue weighted by Crippen LogP contribution is 2.22. The molecule has 0 N–H and O–H groups in total. The molecule has 0 radical (unpaired) electrons. The van der Waals surface area contributed by atoms with Crippen LogP contribution in [0.1, 0.15) is 17.8 Å². The number of fused-ring (bicyclic) bond motifs is 1. The van der Waals surface area contributed by atoms with Gasteiger partial charge in [-0.2, -0.15) is 0 Å². The van der Waals surface area contributed by atoms with Crippen molar-refractivity contribution in [2.24, 2.45) is 7.05 Å². The summed E-state index contributed by atoms with van der Waals surface area (Å²) >= 11 is 3.37. The van der Waals surface area contributed by atoms with Crippen LogP contribution in [-0.4, -0.2) is 42.3 Å². The van der Waals surface area contributed by atoms with Gasteiger partial charge in [0.25, 0.3) is 0 Å². The molecule has 154 valence electrons. The van der Waals surface area contributed by atoms with Crippen LogP contribution in [0, 0.1) is 0 Å². The molecule has 0 saturated carbocycles. The smallest absolute Gasteiger partial charge is 0.306 e. The average molecular weight is 480 g/mol. The minimum absolute atomic E-state index is 0.188. The maximum atomic E-state index is 12.3. The Balaban J connectivity index is 1.67. The number of imidazole rings is 1. The van der Waals surface area contributed by atoms with E-state index in [-0.39, 0.29) is 23.9 Å². The molecule has 3 rings (SSSR count). The van der Waals surface area contributed by atoms with E-state index in [9.17, 15) is 13.2 Å². The zero-order chi connectivity index (χ0) is 21.2. The van der Waals surface area contributed by atoms with Crippen LogP contribution in [-0.2, 0) is 39.6 Å². The Labute approximate surface area is 178 Å². The molecule has 0 aliphatic carbocycles. The van der Waals surface area contributed by atoms with Gasteiger partial charge < -0.3 is 9.30 Å². The Bertz CT molecular complexity index is 1140. The monoisotopic (exact) mass is 479 g/mol. The molecule has 29 heavy (non-hydrogen) atoms. The van der Waals surface area contributed by atoms with Crippen molar-refractivity contribution in [3.8, 4) is 0 Å². The highest BCUT2D eigenvalue weighted by atomic mass is 79.9. The van der Waals surface area contributed by atoms with E-state index in [4.69, 9.17) is 4.74 Å². The highest BCUT2D eigenvalue weighted by molar-refractivity contribution is 9.10. The van der Waals surface area contributed by atoms with Gasteiger partial charge in [-0.25, -0.2) is 17.7 Å². The Morgan fingerprint density at radius 2 is 1.86 bits per heavy atom. The number of carbonyl (C=O) groups is 1. The summed E-state index contributed by atoms with van der Waals surface area (Å²) in [5, 5.41) is 0. The lowest BCUT2D eigenvalue weighted by molar-refractivity contribution is -0.144. The topological polar surface area (TPSA) is 81.5 Å². The van der Waals surface area contributed by atoms with Crippen LogP contribution in [0.5, 0.6) is 0 Å². The van der Waals surface area contributed by atoms with Gasteiger partial charge in [-0.1, -0.05) is 28.1 Å². The molecule has 3 aromatic rings. The number of sulfonamides is 1. The van der Waals surface area contributed by atoms with Gasteiger partial charge in [0, 0.05) is 32.0 Å². The van der Waals surface area contributed by atoms with Crippen LogP contribution in [0.3, 0.4) is 0 Å². The largest absolute Gasteiger partial charge is 0.461 e. The molecule has 0 aliphatic heterocycles. The summed E-state index contributed by atoms with van der Waals surface area (Å²) in [6.45, 7) is 0.223. The Morgan fingerprint density at radius 1 is 1.17 bits per heavy atom. The summed E-state index contributed by atoms with van der Waals surface area (Å²) in [6, 6.07) is 12.4. The molecule has 9 heteroatoms. The van der Waals surface area contributed by atoms with Gasteiger partial charge >= 0.3 is 5.97 Å². The summed E-state index contributed by atoms with van der Waals surface area (Å²) in [4.78, 5) is 16.8. The SMILES string of the molecule is CN(C)S(=O)(=O)c1ccc2c(c1)nc(CCC(=O)OCc1ccc(Br)cc1)n2C. The van der Waals surface area contributed by atoms with Crippen molar-refractivity contribution >= 4 is 43.0 Å². The molecule has 0 unspecified atom stereocenters. The molecule has 0 atom stereocenters. The summed E-state index contributed by atoms with van der Waals surface area (Å²) in [5.41, 5.74) is 2.30. The van der Waals surface area contributed by atoms with Gasteiger partial charge in [-0.3, -0.25) is 4.79 Å². The molecule has 0 bridgehead atoms. The van der Waals surface area contributed by atoms with Crippen LogP contribution in [0.15, 0.2) is 51.8 Å². The molecule has 0 saturated heterocycles. The first kappa shape index (κ1) is 21.5. The quantitative estimate of drug-likeness (QED) is 0.485. The zero-order valence-electron chi connectivity index (χ0n) is 16.4. The number of aromatic nitrogens is 2. The Kier molecular flexibility index (Phi) is 6.40. The Morgan fingerprint density at radius 3 is 2.52 bits per heavy atom. The molecule has 2 aromatic carbocycles. The number of hydrogen-bond donors (Lipinski definition) is 0. The molecular formula is C20H22BrN3O4S. The second kappa shape index (κ2) is 8.64. The second-order valence-electron chi connectivity index (χ2n) is 6.81. The van der Waals surface area contributed by atoms with Crippen molar-refractivity contribution in [1.82, 2.24) is 13.9 Å². The van der Waals surface area contributed by atoms with E-state index in [1.165, 1.54) is 18.4 Å². The number of nitrogens with zero attached hydrogens (tertiary/aromatic N) is 3.